The van der Waals surface area contributed by atoms with Crippen LogP contribution in [0.1, 0.15) is 24.1 Å². The largest absolute Gasteiger partial charge is 0.381 e. The molecule has 19 heavy (non-hydrogen) atoms. The lowest BCUT2D eigenvalue weighted by Crippen LogP contribution is -2.49. The minimum Gasteiger partial charge on any atom is -0.381 e. The second-order valence-electron chi connectivity index (χ2n) is 4.90. The van der Waals surface area contributed by atoms with Crippen LogP contribution in [0.5, 0.6) is 0 Å². The molecule has 0 aliphatic carbocycles. The van der Waals surface area contributed by atoms with Crippen LogP contribution in [-0.4, -0.2) is 37.3 Å². The first kappa shape index (κ1) is 13.8. The molecule has 1 aliphatic rings. The number of methoxy groups -OCH3 is 1. The lowest BCUT2D eigenvalue weighted by atomic mass is 9.98. The molecular formula is C14H20N4O. The quantitative estimate of drug-likeness (QED) is 0.884. The molecule has 2 atom stereocenters. The summed E-state index contributed by atoms with van der Waals surface area (Å²) < 4.78 is 5.42. The van der Waals surface area contributed by atoms with E-state index in [2.05, 4.69) is 16.0 Å². The maximum atomic E-state index is 9.22. The van der Waals surface area contributed by atoms with Gasteiger partial charge in [-0.05, 0) is 31.9 Å². The molecule has 102 valence electrons. The van der Waals surface area contributed by atoms with Crippen LogP contribution < -0.4 is 10.6 Å². The van der Waals surface area contributed by atoms with Crippen LogP contribution >= 0.6 is 0 Å². The van der Waals surface area contributed by atoms with Gasteiger partial charge in [0.25, 0.3) is 0 Å². The summed E-state index contributed by atoms with van der Waals surface area (Å²) in [6, 6.07) is 6.08. The summed E-state index contributed by atoms with van der Waals surface area (Å²) in [5.74, 6) is 0.757. The summed E-state index contributed by atoms with van der Waals surface area (Å²) in [5.41, 5.74) is 7.40. The van der Waals surface area contributed by atoms with Crippen molar-refractivity contribution in [3.63, 3.8) is 0 Å². The Hall–Kier alpha value is -1.64. The van der Waals surface area contributed by atoms with Crippen molar-refractivity contribution in [1.29, 1.82) is 5.26 Å². The number of aromatic nitrogens is 1. The second-order valence-corrected chi connectivity index (χ2v) is 4.90. The molecule has 2 heterocycles. The first-order chi connectivity index (χ1) is 9.19. The molecule has 2 rings (SSSR count). The summed E-state index contributed by atoms with van der Waals surface area (Å²) in [4.78, 5) is 6.68. The van der Waals surface area contributed by atoms with Crippen LogP contribution in [0.2, 0.25) is 0 Å². The highest BCUT2D eigenvalue weighted by Gasteiger charge is 2.29. The number of nitriles is 1. The number of ether oxygens (including phenoxy) is 1. The number of anilines is 1. The standard InChI is InChI=1S/C14H20N4O/c1-10-3-4-11(8-15)14(17-10)18-6-5-13(19-2)7-12(18)9-16/h3-4,12-13H,5-7,9,16H2,1-2H3. The van der Waals surface area contributed by atoms with E-state index in [1.807, 2.05) is 19.1 Å². The fourth-order valence-corrected chi connectivity index (χ4v) is 2.58. The Kier molecular flexibility index (Phi) is 4.35. The lowest BCUT2D eigenvalue weighted by molar-refractivity contribution is 0.0708. The Balaban J connectivity index is 2.30. The van der Waals surface area contributed by atoms with Crippen molar-refractivity contribution >= 4 is 5.82 Å². The molecule has 0 aromatic carbocycles. The third-order valence-electron chi connectivity index (χ3n) is 3.68. The van der Waals surface area contributed by atoms with Gasteiger partial charge in [-0.3, -0.25) is 0 Å². The fourth-order valence-electron chi connectivity index (χ4n) is 2.58. The zero-order chi connectivity index (χ0) is 13.8. The molecule has 1 aromatic heterocycles. The molecule has 0 saturated carbocycles. The van der Waals surface area contributed by atoms with Crippen LogP contribution in [0.4, 0.5) is 5.82 Å². The number of nitrogens with zero attached hydrogens (tertiary/aromatic N) is 3. The lowest BCUT2D eigenvalue weighted by Gasteiger charge is -2.39. The zero-order valence-corrected chi connectivity index (χ0v) is 11.5. The van der Waals surface area contributed by atoms with Gasteiger partial charge in [0.05, 0.1) is 11.7 Å². The van der Waals surface area contributed by atoms with Crippen LogP contribution in [0.15, 0.2) is 12.1 Å². The molecule has 5 heteroatoms. The molecule has 0 spiro atoms. The van der Waals surface area contributed by atoms with E-state index in [0.29, 0.717) is 12.1 Å². The number of hydrogen-bond donors (Lipinski definition) is 1. The Bertz CT molecular complexity index is 483. The average Bonchev–Trinajstić information content (AvgIpc) is 2.46. The topological polar surface area (TPSA) is 75.2 Å². The first-order valence-electron chi connectivity index (χ1n) is 6.56. The monoisotopic (exact) mass is 260 g/mol. The third kappa shape index (κ3) is 2.86. The fraction of sp³-hybridized carbons (Fsp3) is 0.571. The summed E-state index contributed by atoms with van der Waals surface area (Å²) in [7, 11) is 1.74. The SMILES string of the molecule is COC1CCN(c2nc(C)ccc2C#N)C(CN)C1. The van der Waals surface area contributed by atoms with Crippen molar-refractivity contribution in [2.24, 2.45) is 5.73 Å². The van der Waals surface area contributed by atoms with E-state index in [-0.39, 0.29) is 12.1 Å². The van der Waals surface area contributed by atoms with Gasteiger partial charge in [-0.15, -0.1) is 0 Å². The molecule has 0 radical (unpaired) electrons. The molecule has 1 saturated heterocycles. The molecule has 2 N–H and O–H groups in total. The molecule has 1 aromatic rings. The van der Waals surface area contributed by atoms with Gasteiger partial charge in [0.15, 0.2) is 0 Å². The predicted octanol–water partition coefficient (Wildman–Crippen LogP) is 1.20. The van der Waals surface area contributed by atoms with E-state index in [0.717, 1.165) is 30.9 Å². The van der Waals surface area contributed by atoms with Crippen LogP contribution in [-0.2, 0) is 4.74 Å². The molecule has 0 amide bonds. The van der Waals surface area contributed by atoms with Gasteiger partial charge in [0.1, 0.15) is 11.9 Å². The highest BCUT2D eigenvalue weighted by molar-refractivity contribution is 5.55. The second kappa shape index (κ2) is 6.00. The number of piperidine rings is 1. The van der Waals surface area contributed by atoms with E-state index in [1.54, 1.807) is 7.11 Å². The average molecular weight is 260 g/mol. The maximum Gasteiger partial charge on any atom is 0.147 e. The Morgan fingerprint density at radius 1 is 1.58 bits per heavy atom. The number of hydrogen-bond acceptors (Lipinski definition) is 5. The first-order valence-corrected chi connectivity index (χ1v) is 6.56. The van der Waals surface area contributed by atoms with Crippen molar-refractivity contribution in [2.45, 2.75) is 31.9 Å². The van der Waals surface area contributed by atoms with Crippen molar-refractivity contribution in [3.8, 4) is 6.07 Å². The van der Waals surface area contributed by atoms with Crippen molar-refractivity contribution in [2.75, 3.05) is 25.1 Å². The van der Waals surface area contributed by atoms with Gasteiger partial charge in [0, 0.05) is 31.9 Å². The number of rotatable bonds is 3. The molecule has 1 fully saturated rings. The van der Waals surface area contributed by atoms with E-state index >= 15 is 0 Å². The van der Waals surface area contributed by atoms with Gasteiger partial charge in [-0.2, -0.15) is 5.26 Å². The van der Waals surface area contributed by atoms with E-state index in [4.69, 9.17) is 10.5 Å². The maximum absolute atomic E-state index is 9.22. The Morgan fingerprint density at radius 2 is 2.37 bits per heavy atom. The smallest absolute Gasteiger partial charge is 0.147 e. The minimum absolute atomic E-state index is 0.181. The highest BCUT2D eigenvalue weighted by atomic mass is 16.5. The molecule has 0 bridgehead atoms. The van der Waals surface area contributed by atoms with Crippen molar-refractivity contribution < 1.29 is 4.74 Å². The highest BCUT2D eigenvalue weighted by Crippen LogP contribution is 2.27. The van der Waals surface area contributed by atoms with Crippen LogP contribution in [0.25, 0.3) is 0 Å². The zero-order valence-electron chi connectivity index (χ0n) is 11.5. The Labute approximate surface area is 114 Å². The van der Waals surface area contributed by atoms with Crippen molar-refractivity contribution in [3.05, 3.63) is 23.4 Å². The van der Waals surface area contributed by atoms with Crippen molar-refractivity contribution in [1.82, 2.24) is 4.98 Å². The summed E-state index contributed by atoms with van der Waals surface area (Å²) >= 11 is 0. The number of aryl methyl sites for hydroxylation is 1. The van der Waals surface area contributed by atoms with Gasteiger partial charge >= 0.3 is 0 Å². The van der Waals surface area contributed by atoms with Crippen LogP contribution in [0, 0.1) is 18.3 Å². The minimum atomic E-state index is 0.181. The van der Waals surface area contributed by atoms with E-state index < -0.39 is 0 Å². The van der Waals surface area contributed by atoms with Crippen LogP contribution in [0.3, 0.4) is 0 Å². The number of pyridine rings is 1. The predicted molar refractivity (Wildman–Crippen MR) is 73.9 cm³/mol. The van der Waals surface area contributed by atoms with Gasteiger partial charge in [-0.1, -0.05) is 0 Å². The summed E-state index contributed by atoms with van der Waals surface area (Å²) in [6.07, 6.45) is 2.07. The molecule has 5 nitrogen and oxygen atoms in total. The third-order valence-corrected chi connectivity index (χ3v) is 3.68. The van der Waals surface area contributed by atoms with E-state index in [9.17, 15) is 5.26 Å². The van der Waals surface area contributed by atoms with E-state index in [1.165, 1.54) is 0 Å². The Morgan fingerprint density at radius 3 is 3.00 bits per heavy atom. The van der Waals surface area contributed by atoms with Gasteiger partial charge < -0.3 is 15.4 Å². The molecule has 1 aliphatic heterocycles. The molecular weight excluding hydrogens is 240 g/mol. The van der Waals surface area contributed by atoms with Gasteiger partial charge in [-0.25, -0.2) is 4.98 Å². The number of nitrogens with two attached hydrogens (primary N) is 1. The summed E-state index contributed by atoms with van der Waals surface area (Å²) in [6.45, 7) is 3.30. The summed E-state index contributed by atoms with van der Waals surface area (Å²) in [5, 5.41) is 9.22. The normalized spacial score (nSPS) is 23.2. The van der Waals surface area contributed by atoms with Gasteiger partial charge in [0.2, 0.25) is 0 Å². The molecule has 2 unspecified atom stereocenters.